The fourth-order valence-corrected chi connectivity index (χ4v) is 4.50. The van der Waals surface area contributed by atoms with E-state index in [0.717, 1.165) is 26.4 Å². The van der Waals surface area contributed by atoms with E-state index < -0.39 is 0 Å². The average molecular weight is 427 g/mol. The van der Waals surface area contributed by atoms with Gasteiger partial charge in [-0.3, -0.25) is 14.7 Å². The van der Waals surface area contributed by atoms with Crippen molar-refractivity contribution in [2.45, 2.75) is 13.0 Å². The highest BCUT2D eigenvalue weighted by Crippen LogP contribution is 2.30. The number of benzene rings is 1. The lowest BCUT2D eigenvalue weighted by Crippen LogP contribution is -2.24. The Morgan fingerprint density at radius 2 is 2.07 bits per heavy atom. The summed E-state index contributed by atoms with van der Waals surface area (Å²) in [4.78, 5) is 26.9. The van der Waals surface area contributed by atoms with Gasteiger partial charge in [0.05, 0.1) is 23.8 Å². The highest BCUT2D eigenvalue weighted by Gasteiger charge is 2.15. The van der Waals surface area contributed by atoms with Gasteiger partial charge in [-0.1, -0.05) is 24.3 Å². The van der Waals surface area contributed by atoms with Gasteiger partial charge in [-0.25, -0.2) is 0 Å². The Kier molecular flexibility index (Phi) is 5.59. The molecule has 0 fully saturated rings. The first-order valence-corrected chi connectivity index (χ1v) is 10.5. The number of nitrogens with zero attached hydrogens (tertiary/aromatic N) is 1. The van der Waals surface area contributed by atoms with Gasteiger partial charge in [0.15, 0.2) is 0 Å². The molecule has 29 heavy (non-hydrogen) atoms. The molecule has 4 aromatic rings. The molecule has 9 heteroatoms. The van der Waals surface area contributed by atoms with Crippen LogP contribution in [0.25, 0.3) is 10.2 Å². The van der Waals surface area contributed by atoms with Crippen molar-refractivity contribution < 1.29 is 14.3 Å². The van der Waals surface area contributed by atoms with Gasteiger partial charge in [0.25, 0.3) is 5.91 Å². The first kappa shape index (κ1) is 19.2. The number of carbonyl (C=O) groups excluding carboxylic acids is 2. The van der Waals surface area contributed by atoms with E-state index in [0.29, 0.717) is 17.2 Å². The lowest BCUT2D eigenvalue weighted by molar-refractivity contribution is -0.120. The molecule has 0 saturated heterocycles. The van der Waals surface area contributed by atoms with Crippen LogP contribution in [0.4, 0.5) is 5.82 Å². The number of methoxy groups -OCH3 is 1. The molecule has 0 aliphatic carbocycles. The van der Waals surface area contributed by atoms with Crippen molar-refractivity contribution in [2.75, 3.05) is 12.4 Å². The van der Waals surface area contributed by atoms with Crippen LogP contribution in [0, 0.1) is 0 Å². The smallest absolute Gasteiger partial charge is 0.266 e. The van der Waals surface area contributed by atoms with Gasteiger partial charge in [0, 0.05) is 17.0 Å². The molecular formula is C20H18N4O3S2. The van der Waals surface area contributed by atoms with Crippen molar-refractivity contribution in [2.24, 2.45) is 0 Å². The van der Waals surface area contributed by atoms with E-state index in [9.17, 15) is 9.59 Å². The molecule has 1 aromatic carbocycles. The summed E-state index contributed by atoms with van der Waals surface area (Å²) >= 11 is 2.80. The number of fused-ring (bicyclic) bond motifs is 1. The second-order valence-corrected chi connectivity index (χ2v) is 8.29. The SMILES string of the molecule is COc1ccccc1CNC(=O)Cc1cc2c(NC(=O)c3cccs3)[nH]nc2s1. The van der Waals surface area contributed by atoms with Crippen molar-refractivity contribution >= 4 is 50.5 Å². The van der Waals surface area contributed by atoms with Crippen LogP contribution < -0.4 is 15.4 Å². The molecule has 7 nitrogen and oxygen atoms in total. The molecular weight excluding hydrogens is 408 g/mol. The summed E-state index contributed by atoms with van der Waals surface area (Å²) in [6, 6.07) is 13.1. The molecule has 3 aromatic heterocycles. The van der Waals surface area contributed by atoms with E-state index in [2.05, 4.69) is 20.8 Å². The molecule has 2 amide bonds. The molecule has 0 spiro atoms. The summed E-state index contributed by atoms with van der Waals surface area (Å²) in [7, 11) is 1.61. The van der Waals surface area contributed by atoms with Gasteiger partial charge in [0.2, 0.25) is 5.91 Å². The van der Waals surface area contributed by atoms with Crippen molar-refractivity contribution in [1.29, 1.82) is 0 Å². The fraction of sp³-hybridized carbons (Fsp3) is 0.150. The lowest BCUT2D eigenvalue weighted by Gasteiger charge is -2.09. The van der Waals surface area contributed by atoms with E-state index in [1.807, 2.05) is 41.8 Å². The van der Waals surface area contributed by atoms with E-state index >= 15 is 0 Å². The first-order chi connectivity index (χ1) is 14.1. The highest BCUT2D eigenvalue weighted by molar-refractivity contribution is 7.18. The molecule has 3 N–H and O–H groups in total. The number of para-hydroxylation sites is 1. The topological polar surface area (TPSA) is 96.1 Å². The Hall–Kier alpha value is -3.17. The minimum absolute atomic E-state index is 0.0899. The molecule has 148 valence electrons. The summed E-state index contributed by atoms with van der Waals surface area (Å²) in [6.45, 7) is 0.397. The number of hydrogen-bond donors (Lipinski definition) is 3. The minimum atomic E-state index is -0.187. The normalized spacial score (nSPS) is 10.8. The van der Waals surface area contributed by atoms with Crippen LogP contribution in [0.2, 0.25) is 0 Å². The lowest BCUT2D eigenvalue weighted by atomic mass is 10.2. The monoisotopic (exact) mass is 426 g/mol. The number of H-pyrrole nitrogens is 1. The Morgan fingerprint density at radius 3 is 2.86 bits per heavy atom. The van der Waals surface area contributed by atoms with Crippen molar-refractivity contribution in [1.82, 2.24) is 15.5 Å². The Labute approximate surface area is 174 Å². The zero-order valence-corrected chi connectivity index (χ0v) is 17.2. The summed E-state index contributed by atoms with van der Waals surface area (Å²) in [5, 5.41) is 15.5. The van der Waals surface area contributed by atoms with Gasteiger partial charge < -0.3 is 15.4 Å². The highest BCUT2D eigenvalue weighted by atomic mass is 32.1. The molecule has 0 radical (unpaired) electrons. The maximum Gasteiger partial charge on any atom is 0.266 e. The van der Waals surface area contributed by atoms with Crippen molar-refractivity contribution in [3.05, 3.63) is 63.2 Å². The number of nitrogens with one attached hydrogen (secondary N) is 3. The Balaban J connectivity index is 1.40. The summed E-state index contributed by atoms with van der Waals surface area (Å²) in [6.07, 6.45) is 0.245. The van der Waals surface area contributed by atoms with E-state index in [1.165, 1.54) is 22.7 Å². The molecule has 4 rings (SSSR count). The standard InChI is InChI=1S/C20H18N4O3S2/c1-27-15-6-3-2-5-12(15)11-21-17(25)10-13-9-14-18(23-24-20(14)29-13)22-19(26)16-7-4-8-28-16/h2-9H,10-11H2,1H3,(H,21,25)(H2,22,23,24,26). The average Bonchev–Trinajstić information content (AvgIpc) is 3.45. The maximum atomic E-state index is 12.4. The summed E-state index contributed by atoms with van der Waals surface area (Å²) in [5.41, 5.74) is 0.920. The number of hydrogen-bond acceptors (Lipinski definition) is 6. The van der Waals surface area contributed by atoms with E-state index in [4.69, 9.17) is 4.74 Å². The zero-order valence-electron chi connectivity index (χ0n) is 15.5. The number of anilines is 1. The summed E-state index contributed by atoms with van der Waals surface area (Å²) < 4.78 is 5.30. The van der Waals surface area contributed by atoms with Crippen molar-refractivity contribution in [3.8, 4) is 5.75 Å². The van der Waals surface area contributed by atoms with Crippen LogP contribution in [0.3, 0.4) is 0 Å². The predicted octanol–water partition coefficient (Wildman–Crippen LogP) is 3.81. The third-order valence-electron chi connectivity index (χ3n) is 4.29. The third-order valence-corrected chi connectivity index (χ3v) is 6.19. The van der Waals surface area contributed by atoms with Crippen LogP contribution in [-0.4, -0.2) is 29.1 Å². The second-order valence-electron chi connectivity index (χ2n) is 6.23. The Bertz CT molecular complexity index is 1150. The number of ether oxygens (including phenoxy) is 1. The molecule has 0 aliphatic rings. The molecule has 0 bridgehead atoms. The van der Waals surface area contributed by atoms with Crippen LogP contribution >= 0.6 is 22.7 Å². The first-order valence-electron chi connectivity index (χ1n) is 8.84. The van der Waals surface area contributed by atoms with Crippen LogP contribution in [0.5, 0.6) is 5.75 Å². The van der Waals surface area contributed by atoms with Gasteiger partial charge in [-0.15, -0.1) is 22.7 Å². The number of amides is 2. The maximum absolute atomic E-state index is 12.4. The zero-order chi connectivity index (χ0) is 20.2. The fourth-order valence-electron chi connectivity index (χ4n) is 2.89. The van der Waals surface area contributed by atoms with Crippen LogP contribution in [0.15, 0.2) is 47.8 Å². The number of carbonyl (C=O) groups is 2. The van der Waals surface area contributed by atoms with Crippen molar-refractivity contribution in [3.63, 3.8) is 0 Å². The largest absolute Gasteiger partial charge is 0.496 e. The van der Waals surface area contributed by atoms with Crippen LogP contribution in [0.1, 0.15) is 20.1 Å². The molecule has 0 aliphatic heterocycles. The van der Waals surface area contributed by atoms with Gasteiger partial charge in [-0.2, -0.15) is 5.10 Å². The minimum Gasteiger partial charge on any atom is -0.496 e. The van der Waals surface area contributed by atoms with E-state index in [-0.39, 0.29) is 18.2 Å². The number of rotatable bonds is 7. The molecule has 0 saturated carbocycles. The second kappa shape index (κ2) is 8.46. The quantitative estimate of drug-likeness (QED) is 0.419. The van der Waals surface area contributed by atoms with Gasteiger partial charge in [0.1, 0.15) is 16.4 Å². The summed E-state index contributed by atoms with van der Waals surface area (Å²) in [5.74, 6) is 1.00. The Morgan fingerprint density at radius 1 is 1.21 bits per heavy atom. The van der Waals surface area contributed by atoms with Crippen LogP contribution in [-0.2, 0) is 17.8 Å². The number of aromatic amines is 1. The molecule has 3 heterocycles. The van der Waals surface area contributed by atoms with Gasteiger partial charge in [-0.05, 0) is 23.6 Å². The molecule has 0 atom stereocenters. The number of thiophene rings is 2. The molecule has 0 unspecified atom stereocenters. The predicted molar refractivity (Wildman–Crippen MR) is 115 cm³/mol. The third kappa shape index (κ3) is 4.30. The number of aromatic nitrogens is 2. The van der Waals surface area contributed by atoms with E-state index in [1.54, 1.807) is 13.2 Å². The van der Waals surface area contributed by atoms with Gasteiger partial charge >= 0.3 is 0 Å².